The quantitative estimate of drug-likeness (QED) is 0.596. The Morgan fingerprint density at radius 2 is 1.96 bits per heavy atom. The van der Waals surface area contributed by atoms with Gasteiger partial charge in [0.15, 0.2) is 6.61 Å². The molecular weight excluding hydrogens is 366 g/mol. The summed E-state index contributed by atoms with van der Waals surface area (Å²) < 4.78 is 10.6. The van der Waals surface area contributed by atoms with E-state index in [0.717, 1.165) is 37.0 Å². The summed E-state index contributed by atoms with van der Waals surface area (Å²) in [6.45, 7) is 0.128. The molecule has 4 aliphatic carbocycles. The number of carbonyl (C=O) groups excluding carboxylic acids is 2. The number of benzene rings is 1. The highest BCUT2D eigenvalue weighted by Crippen LogP contribution is 2.64. The molecule has 5 rings (SSSR count). The van der Waals surface area contributed by atoms with Crippen LogP contribution in [0.15, 0.2) is 24.3 Å². The second kappa shape index (κ2) is 7.01. The van der Waals surface area contributed by atoms with Crippen LogP contribution in [0.1, 0.15) is 44.1 Å². The maximum Gasteiger partial charge on any atom is 0.312 e. The number of rotatable bonds is 6. The fourth-order valence-electron chi connectivity index (χ4n) is 5.71. The number of halogens is 1. The van der Waals surface area contributed by atoms with Crippen LogP contribution in [0.2, 0.25) is 0 Å². The summed E-state index contributed by atoms with van der Waals surface area (Å²) in [5.74, 6) is 1.26. The second-order valence-corrected chi connectivity index (χ2v) is 9.40. The number of hydrogen-bond acceptors (Lipinski definition) is 4. The maximum absolute atomic E-state index is 12.8. The van der Waals surface area contributed by atoms with Crippen molar-refractivity contribution in [3.63, 3.8) is 0 Å². The molecule has 4 saturated carbocycles. The predicted molar refractivity (Wildman–Crippen MR) is 101 cm³/mol. The van der Waals surface area contributed by atoms with Gasteiger partial charge < -0.3 is 14.8 Å². The highest BCUT2D eigenvalue weighted by Gasteiger charge is 2.60. The van der Waals surface area contributed by atoms with Crippen molar-refractivity contribution in [1.29, 1.82) is 0 Å². The predicted octanol–water partition coefficient (Wildman–Crippen LogP) is 3.43. The van der Waals surface area contributed by atoms with Gasteiger partial charge in [-0.05, 0) is 68.1 Å². The first kappa shape index (κ1) is 18.6. The first-order valence-corrected chi connectivity index (χ1v) is 10.0. The summed E-state index contributed by atoms with van der Waals surface area (Å²) in [5, 5.41) is 2.79. The second-order valence-electron chi connectivity index (χ2n) is 8.60. The fraction of sp³-hybridized carbons (Fsp3) is 0.619. The molecule has 2 unspecified atom stereocenters. The number of esters is 1. The lowest BCUT2D eigenvalue weighted by molar-refractivity contribution is -0.171. The van der Waals surface area contributed by atoms with Gasteiger partial charge in [-0.15, -0.1) is 11.6 Å². The molecule has 0 heterocycles. The van der Waals surface area contributed by atoms with Gasteiger partial charge in [0.05, 0.1) is 12.5 Å². The summed E-state index contributed by atoms with van der Waals surface area (Å²) in [5.41, 5.74) is 0.457. The van der Waals surface area contributed by atoms with Gasteiger partial charge in [-0.25, -0.2) is 0 Å². The van der Waals surface area contributed by atoms with Crippen molar-refractivity contribution in [3.05, 3.63) is 29.8 Å². The third kappa shape index (κ3) is 3.79. The Labute approximate surface area is 164 Å². The van der Waals surface area contributed by atoms with Gasteiger partial charge >= 0.3 is 5.97 Å². The number of methoxy groups -OCH3 is 1. The van der Waals surface area contributed by atoms with Crippen molar-refractivity contribution in [1.82, 2.24) is 5.32 Å². The molecule has 1 aromatic carbocycles. The van der Waals surface area contributed by atoms with Gasteiger partial charge in [0, 0.05) is 11.4 Å². The van der Waals surface area contributed by atoms with Gasteiger partial charge in [0.1, 0.15) is 5.75 Å². The molecule has 27 heavy (non-hydrogen) atoms. The molecule has 0 aliphatic heterocycles. The SMILES string of the molecule is COc1cccc(CNC(=O)COC(=O)C23C[C@@H]4C[C@@H](CC(Cl)(C4)C2)C3)c1. The fourth-order valence-corrected chi connectivity index (χ4v) is 6.40. The Morgan fingerprint density at radius 3 is 2.63 bits per heavy atom. The van der Waals surface area contributed by atoms with Crippen molar-refractivity contribution >= 4 is 23.5 Å². The van der Waals surface area contributed by atoms with Crippen LogP contribution in [-0.4, -0.2) is 30.5 Å². The molecule has 1 amide bonds. The summed E-state index contributed by atoms with van der Waals surface area (Å²) in [4.78, 5) is 24.7. The molecule has 0 radical (unpaired) electrons. The Morgan fingerprint density at radius 1 is 1.22 bits per heavy atom. The van der Waals surface area contributed by atoms with Crippen molar-refractivity contribution in [2.75, 3.05) is 13.7 Å². The van der Waals surface area contributed by atoms with Gasteiger partial charge in [0.25, 0.3) is 5.91 Å². The Kier molecular flexibility index (Phi) is 4.83. The van der Waals surface area contributed by atoms with E-state index in [-0.39, 0.29) is 23.4 Å². The van der Waals surface area contributed by atoms with Crippen LogP contribution in [0.5, 0.6) is 5.75 Å². The van der Waals surface area contributed by atoms with Crippen LogP contribution in [0.3, 0.4) is 0 Å². The number of carbonyl (C=O) groups is 2. The van der Waals surface area contributed by atoms with E-state index >= 15 is 0 Å². The summed E-state index contributed by atoms with van der Waals surface area (Å²) >= 11 is 6.77. The summed E-state index contributed by atoms with van der Waals surface area (Å²) in [6.07, 6.45) is 5.63. The minimum atomic E-state index is -0.473. The minimum Gasteiger partial charge on any atom is -0.497 e. The van der Waals surface area contributed by atoms with E-state index in [1.807, 2.05) is 24.3 Å². The molecule has 146 valence electrons. The molecule has 5 nitrogen and oxygen atoms in total. The molecule has 0 spiro atoms. The zero-order valence-electron chi connectivity index (χ0n) is 15.6. The van der Waals surface area contributed by atoms with Gasteiger partial charge in [0.2, 0.25) is 0 Å². The molecule has 1 aromatic rings. The van der Waals surface area contributed by atoms with Gasteiger partial charge in [-0.1, -0.05) is 12.1 Å². The van der Waals surface area contributed by atoms with Crippen molar-refractivity contribution < 1.29 is 19.1 Å². The van der Waals surface area contributed by atoms with Crippen LogP contribution in [0, 0.1) is 17.3 Å². The van der Waals surface area contributed by atoms with E-state index in [0.29, 0.717) is 24.8 Å². The zero-order chi connectivity index (χ0) is 19.1. The van der Waals surface area contributed by atoms with Gasteiger partial charge in [-0.3, -0.25) is 9.59 Å². The average molecular weight is 392 g/mol. The number of ether oxygens (including phenoxy) is 2. The average Bonchev–Trinajstić information content (AvgIpc) is 2.62. The van der Waals surface area contributed by atoms with Gasteiger partial charge in [-0.2, -0.15) is 0 Å². The lowest BCUT2D eigenvalue weighted by atomic mass is 9.49. The highest BCUT2D eigenvalue weighted by atomic mass is 35.5. The molecule has 1 N–H and O–H groups in total. The third-order valence-corrected chi connectivity index (χ3v) is 6.82. The normalized spacial score (nSPS) is 33.6. The highest BCUT2D eigenvalue weighted by molar-refractivity contribution is 6.24. The van der Waals surface area contributed by atoms with Crippen LogP contribution in [0.4, 0.5) is 0 Å². The number of nitrogens with one attached hydrogen (secondary N) is 1. The number of hydrogen-bond donors (Lipinski definition) is 1. The molecule has 6 heteroatoms. The first-order chi connectivity index (χ1) is 12.9. The van der Waals surface area contributed by atoms with Crippen LogP contribution >= 0.6 is 11.6 Å². The van der Waals surface area contributed by atoms with Crippen molar-refractivity contribution in [3.8, 4) is 5.75 Å². The Bertz CT molecular complexity index is 735. The summed E-state index contributed by atoms with van der Waals surface area (Å²) in [6, 6.07) is 7.49. The van der Waals surface area contributed by atoms with E-state index < -0.39 is 5.41 Å². The van der Waals surface area contributed by atoms with E-state index in [9.17, 15) is 9.59 Å². The van der Waals surface area contributed by atoms with E-state index in [2.05, 4.69) is 5.32 Å². The van der Waals surface area contributed by atoms with E-state index in [4.69, 9.17) is 21.1 Å². The van der Waals surface area contributed by atoms with E-state index in [1.54, 1.807) is 7.11 Å². The molecular formula is C21H26ClNO4. The van der Waals surface area contributed by atoms with E-state index in [1.165, 1.54) is 6.42 Å². The lowest BCUT2D eigenvalue weighted by Crippen LogP contribution is -2.56. The minimum absolute atomic E-state index is 0.238. The van der Waals surface area contributed by atoms with Crippen LogP contribution in [-0.2, 0) is 20.9 Å². The summed E-state index contributed by atoms with van der Waals surface area (Å²) in [7, 11) is 1.60. The topological polar surface area (TPSA) is 64.6 Å². The molecule has 0 saturated heterocycles. The molecule has 0 aromatic heterocycles. The van der Waals surface area contributed by atoms with Crippen LogP contribution in [0.25, 0.3) is 0 Å². The van der Waals surface area contributed by atoms with Crippen molar-refractivity contribution in [2.24, 2.45) is 17.3 Å². The third-order valence-electron chi connectivity index (χ3n) is 6.38. The largest absolute Gasteiger partial charge is 0.497 e. The Hall–Kier alpha value is -1.75. The monoisotopic (exact) mass is 391 g/mol. The lowest BCUT2D eigenvalue weighted by Gasteiger charge is -2.58. The molecule has 4 bridgehead atoms. The standard InChI is InChI=1S/C21H26ClNO4/c1-26-17-4-2-3-14(6-17)11-23-18(24)12-27-19(25)20-7-15-5-16(8-20)10-21(22,9-15)13-20/h2-4,6,15-16H,5,7-13H2,1H3,(H,23,24)/t15-,16+,20?,21?. The molecule has 4 fully saturated rings. The van der Waals surface area contributed by atoms with Crippen molar-refractivity contribution in [2.45, 2.75) is 49.9 Å². The zero-order valence-corrected chi connectivity index (χ0v) is 16.4. The first-order valence-electron chi connectivity index (χ1n) is 9.66. The molecule has 4 aliphatic rings. The maximum atomic E-state index is 12.8. The molecule has 4 atom stereocenters. The smallest absolute Gasteiger partial charge is 0.312 e. The number of amides is 1. The number of alkyl halides is 1. The van der Waals surface area contributed by atoms with Crippen LogP contribution < -0.4 is 10.1 Å². The Balaban J connectivity index is 1.29.